The maximum absolute atomic E-state index is 12.5. The molecule has 0 N–H and O–H groups in total. The van der Waals surface area contributed by atoms with Gasteiger partial charge in [-0.05, 0) is 39.0 Å². The van der Waals surface area contributed by atoms with E-state index in [4.69, 9.17) is 11.6 Å². The average molecular weight is 281 g/mol. The standard InChI is InChI=1S/C14H17ClN2O2/c1-14(2,3)16-8-7-12(18)17(13(16)19)11-6-4-5-10(15)9-11/h4-6,9H,7-8H2,1-3H3. The van der Waals surface area contributed by atoms with E-state index in [1.807, 2.05) is 20.8 Å². The highest BCUT2D eigenvalue weighted by atomic mass is 35.5. The van der Waals surface area contributed by atoms with E-state index in [2.05, 4.69) is 0 Å². The fraction of sp³-hybridized carbons (Fsp3) is 0.429. The Labute approximate surface area is 117 Å². The van der Waals surface area contributed by atoms with Crippen LogP contribution in [0.2, 0.25) is 5.02 Å². The van der Waals surface area contributed by atoms with Crippen LogP contribution in [0.15, 0.2) is 24.3 Å². The van der Waals surface area contributed by atoms with Crippen LogP contribution >= 0.6 is 11.6 Å². The van der Waals surface area contributed by atoms with E-state index >= 15 is 0 Å². The van der Waals surface area contributed by atoms with Crippen LogP contribution in [0.3, 0.4) is 0 Å². The van der Waals surface area contributed by atoms with Crippen LogP contribution in [-0.4, -0.2) is 28.9 Å². The Morgan fingerprint density at radius 2 is 1.89 bits per heavy atom. The van der Waals surface area contributed by atoms with Crippen LogP contribution in [0.1, 0.15) is 27.2 Å². The van der Waals surface area contributed by atoms with Gasteiger partial charge in [0.25, 0.3) is 0 Å². The lowest BCUT2D eigenvalue weighted by Gasteiger charge is -2.42. The van der Waals surface area contributed by atoms with Gasteiger partial charge in [0, 0.05) is 23.5 Å². The first kappa shape index (κ1) is 13.9. The van der Waals surface area contributed by atoms with Crippen molar-refractivity contribution in [2.45, 2.75) is 32.7 Å². The molecule has 1 saturated heterocycles. The molecule has 0 atom stereocenters. The van der Waals surface area contributed by atoms with Crippen molar-refractivity contribution in [2.75, 3.05) is 11.4 Å². The topological polar surface area (TPSA) is 40.6 Å². The molecule has 102 valence electrons. The van der Waals surface area contributed by atoms with Gasteiger partial charge in [0.05, 0.1) is 5.69 Å². The molecule has 1 aromatic rings. The predicted octanol–water partition coefficient (Wildman–Crippen LogP) is 3.30. The summed E-state index contributed by atoms with van der Waals surface area (Å²) in [6, 6.07) is 6.50. The Balaban J connectivity index is 2.37. The van der Waals surface area contributed by atoms with E-state index in [-0.39, 0.29) is 17.5 Å². The van der Waals surface area contributed by atoms with Gasteiger partial charge in [0.2, 0.25) is 5.91 Å². The van der Waals surface area contributed by atoms with Crippen LogP contribution < -0.4 is 4.90 Å². The number of anilines is 1. The van der Waals surface area contributed by atoms with E-state index < -0.39 is 0 Å². The lowest BCUT2D eigenvalue weighted by Crippen LogP contribution is -2.58. The highest BCUT2D eigenvalue weighted by molar-refractivity contribution is 6.31. The van der Waals surface area contributed by atoms with Crippen molar-refractivity contribution < 1.29 is 9.59 Å². The smallest absolute Gasteiger partial charge is 0.319 e. The fourth-order valence-corrected chi connectivity index (χ4v) is 2.32. The summed E-state index contributed by atoms with van der Waals surface area (Å²) >= 11 is 5.92. The quantitative estimate of drug-likeness (QED) is 0.792. The molecule has 4 nitrogen and oxygen atoms in total. The first-order valence-electron chi connectivity index (χ1n) is 6.21. The van der Waals surface area contributed by atoms with Gasteiger partial charge in [-0.3, -0.25) is 4.79 Å². The van der Waals surface area contributed by atoms with Gasteiger partial charge in [0.15, 0.2) is 0 Å². The molecule has 0 aliphatic carbocycles. The lowest BCUT2D eigenvalue weighted by molar-refractivity contribution is -0.119. The van der Waals surface area contributed by atoms with E-state index in [1.54, 1.807) is 29.2 Å². The van der Waals surface area contributed by atoms with Crippen molar-refractivity contribution in [3.05, 3.63) is 29.3 Å². The minimum absolute atomic E-state index is 0.187. The molecule has 1 aliphatic heterocycles. The van der Waals surface area contributed by atoms with Crippen LogP contribution in [0.5, 0.6) is 0 Å². The van der Waals surface area contributed by atoms with Crippen LogP contribution in [0.25, 0.3) is 0 Å². The molecule has 0 radical (unpaired) electrons. The minimum Gasteiger partial charge on any atom is -0.319 e. The number of hydrogen-bond acceptors (Lipinski definition) is 2. The molecule has 0 bridgehead atoms. The van der Waals surface area contributed by atoms with Gasteiger partial charge in [-0.25, -0.2) is 9.69 Å². The SMILES string of the molecule is CC(C)(C)N1CCC(=O)N(c2cccc(Cl)c2)C1=O. The number of urea groups is 1. The summed E-state index contributed by atoms with van der Waals surface area (Å²) < 4.78 is 0. The third-order valence-corrected chi connectivity index (χ3v) is 3.33. The van der Waals surface area contributed by atoms with Crippen molar-refractivity contribution in [1.82, 2.24) is 4.90 Å². The van der Waals surface area contributed by atoms with Crippen molar-refractivity contribution in [2.24, 2.45) is 0 Å². The summed E-state index contributed by atoms with van der Waals surface area (Å²) in [5.41, 5.74) is 0.214. The summed E-state index contributed by atoms with van der Waals surface area (Å²) in [5.74, 6) is -0.187. The fourth-order valence-electron chi connectivity index (χ4n) is 2.13. The molecule has 0 aromatic heterocycles. The second kappa shape index (κ2) is 4.85. The Bertz CT molecular complexity index is 522. The van der Waals surface area contributed by atoms with Crippen LogP contribution in [-0.2, 0) is 4.79 Å². The second-order valence-corrected chi connectivity index (χ2v) is 6.00. The summed E-state index contributed by atoms with van der Waals surface area (Å²) in [7, 11) is 0. The zero-order valence-corrected chi connectivity index (χ0v) is 12.1. The van der Waals surface area contributed by atoms with Crippen molar-refractivity contribution in [3.8, 4) is 0 Å². The van der Waals surface area contributed by atoms with Gasteiger partial charge < -0.3 is 4.90 Å². The van der Waals surface area contributed by atoms with Crippen molar-refractivity contribution in [1.29, 1.82) is 0 Å². The number of nitrogens with zero attached hydrogens (tertiary/aromatic N) is 2. The molecule has 1 fully saturated rings. The van der Waals surface area contributed by atoms with Crippen LogP contribution in [0.4, 0.5) is 10.5 Å². The summed E-state index contributed by atoms with van der Waals surface area (Å²) in [4.78, 5) is 27.4. The normalized spacial score (nSPS) is 17.1. The summed E-state index contributed by atoms with van der Waals surface area (Å²) in [6.45, 7) is 6.32. The summed E-state index contributed by atoms with van der Waals surface area (Å²) in [5, 5.41) is 0.506. The molecule has 0 saturated carbocycles. The number of amides is 3. The summed E-state index contributed by atoms with van der Waals surface area (Å²) in [6.07, 6.45) is 0.329. The van der Waals surface area contributed by atoms with Crippen molar-refractivity contribution in [3.63, 3.8) is 0 Å². The van der Waals surface area contributed by atoms with E-state index in [9.17, 15) is 9.59 Å². The maximum atomic E-state index is 12.5. The highest BCUT2D eigenvalue weighted by Crippen LogP contribution is 2.27. The molecule has 1 heterocycles. The number of rotatable bonds is 1. The number of carbonyl (C=O) groups is 2. The first-order valence-corrected chi connectivity index (χ1v) is 6.58. The van der Waals surface area contributed by atoms with Gasteiger partial charge in [-0.2, -0.15) is 0 Å². The number of carbonyl (C=O) groups excluding carboxylic acids is 2. The molecule has 1 aliphatic rings. The molecular weight excluding hydrogens is 264 g/mol. The molecule has 5 heteroatoms. The predicted molar refractivity (Wildman–Crippen MR) is 75.4 cm³/mol. The van der Waals surface area contributed by atoms with Gasteiger partial charge >= 0.3 is 6.03 Å². The van der Waals surface area contributed by atoms with Gasteiger partial charge in [0.1, 0.15) is 0 Å². The van der Waals surface area contributed by atoms with Crippen molar-refractivity contribution >= 4 is 29.2 Å². The molecule has 3 amide bonds. The lowest BCUT2D eigenvalue weighted by atomic mass is 10.0. The highest BCUT2D eigenvalue weighted by Gasteiger charge is 2.38. The monoisotopic (exact) mass is 280 g/mol. The van der Waals surface area contributed by atoms with E-state index in [0.717, 1.165) is 0 Å². The molecule has 0 unspecified atom stereocenters. The number of benzene rings is 1. The molecule has 19 heavy (non-hydrogen) atoms. The second-order valence-electron chi connectivity index (χ2n) is 5.56. The number of imide groups is 1. The minimum atomic E-state index is -0.311. The average Bonchev–Trinajstić information content (AvgIpc) is 2.27. The molecular formula is C14H17ClN2O2. The molecule has 1 aromatic carbocycles. The third kappa shape index (κ3) is 2.73. The van der Waals surface area contributed by atoms with Gasteiger partial charge in [-0.1, -0.05) is 17.7 Å². The number of halogens is 1. The third-order valence-electron chi connectivity index (χ3n) is 3.10. The van der Waals surface area contributed by atoms with E-state index in [0.29, 0.717) is 23.7 Å². The number of hydrogen-bond donors (Lipinski definition) is 0. The van der Waals surface area contributed by atoms with Gasteiger partial charge in [-0.15, -0.1) is 0 Å². The Kier molecular flexibility index (Phi) is 3.54. The first-order chi connectivity index (χ1) is 8.80. The Morgan fingerprint density at radius 1 is 1.21 bits per heavy atom. The largest absolute Gasteiger partial charge is 0.331 e. The zero-order chi connectivity index (χ0) is 14.2. The van der Waals surface area contributed by atoms with E-state index in [1.165, 1.54) is 4.90 Å². The molecule has 0 spiro atoms. The molecule has 2 rings (SSSR count). The Morgan fingerprint density at radius 3 is 2.47 bits per heavy atom. The zero-order valence-electron chi connectivity index (χ0n) is 11.3. The Hall–Kier alpha value is -1.55. The van der Waals surface area contributed by atoms with Crippen LogP contribution in [0, 0.1) is 0 Å². The maximum Gasteiger partial charge on any atom is 0.331 e.